The van der Waals surface area contributed by atoms with E-state index in [-0.39, 0.29) is 17.6 Å². The lowest BCUT2D eigenvalue weighted by Crippen LogP contribution is -2.22. The summed E-state index contributed by atoms with van der Waals surface area (Å²) in [6.45, 7) is 0.447. The van der Waals surface area contributed by atoms with Crippen molar-refractivity contribution in [2.75, 3.05) is 20.6 Å². The van der Waals surface area contributed by atoms with E-state index in [1.54, 1.807) is 24.4 Å². The molecule has 2 aromatic rings. The summed E-state index contributed by atoms with van der Waals surface area (Å²) < 4.78 is 13.4. The lowest BCUT2D eigenvalue weighted by molar-refractivity contribution is 0.306. The van der Waals surface area contributed by atoms with Crippen LogP contribution in [-0.2, 0) is 0 Å². The Morgan fingerprint density at radius 2 is 2.05 bits per heavy atom. The van der Waals surface area contributed by atoms with Crippen molar-refractivity contribution in [2.45, 2.75) is 6.04 Å². The molecule has 0 aromatic heterocycles. The first kappa shape index (κ1) is 16.5. The smallest absolute Gasteiger partial charge is 0.124 e. The number of halogens is 2. The zero-order chi connectivity index (χ0) is 16.1. The molecular formula is C17H18ClFN2O. The van der Waals surface area contributed by atoms with E-state index in [4.69, 9.17) is 11.6 Å². The van der Waals surface area contributed by atoms with Gasteiger partial charge in [0.25, 0.3) is 0 Å². The molecule has 0 bridgehead atoms. The van der Waals surface area contributed by atoms with Gasteiger partial charge in [-0.3, -0.25) is 4.99 Å². The summed E-state index contributed by atoms with van der Waals surface area (Å²) >= 11 is 5.90. The monoisotopic (exact) mass is 320 g/mol. The Kier molecular flexibility index (Phi) is 5.52. The Bertz CT molecular complexity index is 673. The molecule has 0 aliphatic carbocycles. The third-order valence-electron chi connectivity index (χ3n) is 3.36. The molecular weight excluding hydrogens is 303 g/mol. The van der Waals surface area contributed by atoms with Gasteiger partial charge < -0.3 is 10.0 Å². The fourth-order valence-electron chi connectivity index (χ4n) is 2.16. The highest BCUT2D eigenvalue weighted by Gasteiger charge is 2.13. The molecule has 5 heteroatoms. The number of likely N-dealkylation sites (N-methyl/N-ethyl adjacent to an activating group) is 1. The van der Waals surface area contributed by atoms with Crippen LogP contribution in [0.3, 0.4) is 0 Å². The number of nitrogens with zero attached hydrogens (tertiary/aromatic N) is 2. The molecule has 0 aliphatic heterocycles. The molecule has 1 N–H and O–H groups in total. The number of hydrogen-bond donors (Lipinski definition) is 1. The Balaban J connectivity index is 2.15. The Labute approximate surface area is 134 Å². The zero-order valence-electron chi connectivity index (χ0n) is 12.5. The first-order valence-corrected chi connectivity index (χ1v) is 7.25. The Morgan fingerprint density at radius 3 is 2.73 bits per heavy atom. The van der Waals surface area contributed by atoms with Gasteiger partial charge in [0.1, 0.15) is 11.6 Å². The van der Waals surface area contributed by atoms with E-state index < -0.39 is 0 Å². The second-order valence-electron chi connectivity index (χ2n) is 5.23. The predicted molar refractivity (Wildman–Crippen MR) is 88.4 cm³/mol. The summed E-state index contributed by atoms with van der Waals surface area (Å²) in [7, 11) is 3.84. The molecule has 2 aromatic carbocycles. The van der Waals surface area contributed by atoms with Gasteiger partial charge in [-0.15, -0.1) is 0 Å². The maximum Gasteiger partial charge on any atom is 0.124 e. The molecule has 22 heavy (non-hydrogen) atoms. The highest BCUT2D eigenvalue weighted by atomic mass is 35.5. The maximum absolute atomic E-state index is 13.4. The molecule has 2 rings (SSSR count). The molecule has 0 unspecified atom stereocenters. The summed E-state index contributed by atoms with van der Waals surface area (Å²) in [6, 6.07) is 11.2. The first-order chi connectivity index (χ1) is 10.5. The van der Waals surface area contributed by atoms with Crippen molar-refractivity contribution in [3.05, 3.63) is 64.4 Å². The Hall–Kier alpha value is -1.91. The summed E-state index contributed by atoms with van der Waals surface area (Å²) in [5.41, 5.74) is 1.42. The summed E-state index contributed by atoms with van der Waals surface area (Å²) in [5, 5.41) is 10.3. The van der Waals surface area contributed by atoms with Crippen LogP contribution in [0.4, 0.5) is 4.39 Å². The van der Waals surface area contributed by atoms with Gasteiger partial charge in [-0.1, -0.05) is 23.7 Å². The van der Waals surface area contributed by atoms with Crippen LogP contribution < -0.4 is 0 Å². The lowest BCUT2D eigenvalue weighted by atomic mass is 10.1. The second-order valence-corrected chi connectivity index (χ2v) is 5.67. The van der Waals surface area contributed by atoms with Crippen LogP contribution in [0.5, 0.6) is 5.75 Å². The lowest BCUT2D eigenvalue weighted by Gasteiger charge is -2.23. The van der Waals surface area contributed by atoms with Gasteiger partial charge in [0, 0.05) is 16.8 Å². The van der Waals surface area contributed by atoms with Crippen LogP contribution in [0, 0.1) is 5.82 Å². The normalized spacial score (nSPS) is 13.0. The molecule has 0 saturated carbocycles. The minimum atomic E-state index is -0.263. The largest absolute Gasteiger partial charge is 0.507 e. The number of rotatable bonds is 5. The molecule has 0 amide bonds. The van der Waals surface area contributed by atoms with Crippen molar-refractivity contribution < 1.29 is 9.50 Å². The van der Waals surface area contributed by atoms with Crippen molar-refractivity contribution in [1.82, 2.24) is 4.90 Å². The molecule has 1 atom stereocenters. The number of hydrogen-bond acceptors (Lipinski definition) is 3. The van der Waals surface area contributed by atoms with E-state index in [0.717, 1.165) is 5.56 Å². The van der Waals surface area contributed by atoms with Crippen LogP contribution in [0.1, 0.15) is 17.2 Å². The molecule has 0 saturated heterocycles. The molecule has 0 heterocycles. The maximum atomic E-state index is 13.4. The molecule has 3 nitrogen and oxygen atoms in total. The summed E-state index contributed by atoms with van der Waals surface area (Å²) in [4.78, 5) is 6.34. The number of aromatic hydroxyl groups is 1. The van der Waals surface area contributed by atoms with Crippen molar-refractivity contribution in [3.8, 4) is 5.75 Å². The summed E-state index contributed by atoms with van der Waals surface area (Å²) in [6.07, 6.45) is 1.58. The van der Waals surface area contributed by atoms with Crippen molar-refractivity contribution in [3.63, 3.8) is 0 Å². The van der Waals surface area contributed by atoms with Crippen molar-refractivity contribution in [2.24, 2.45) is 4.99 Å². The summed E-state index contributed by atoms with van der Waals surface area (Å²) in [5.74, 6) is -0.138. The standard InChI is InChI=1S/C17H18ClFN2O/c1-21(2)16(12-4-3-5-15(19)9-12)11-20-10-13-8-14(18)6-7-17(13)22/h3-10,16,22H,11H2,1-2H3/t16-/m1/s1. The quantitative estimate of drug-likeness (QED) is 0.848. The highest BCUT2D eigenvalue weighted by molar-refractivity contribution is 6.30. The van der Waals surface area contributed by atoms with Crippen LogP contribution in [0.15, 0.2) is 47.5 Å². The minimum absolute atomic E-state index is 0.0479. The van der Waals surface area contributed by atoms with Crippen LogP contribution in [0.25, 0.3) is 0 Å². The van der Waals surface area contributed by atoms with Gasteiger partial charge >= 0.3 is 0 Å². The second kappa shape index (κ2) is 7.38. The van der Waals surface area contributed by atoms with Gasteiger partial charge in [0.2, 0.25) is 0 Å². The first-order valence-electron chi connectivity index (χ1n) is 6.87. The van der Waals surface area contributed by atoms with E-state index in [1.165, 1.54) is 18.2 Å². The number of phenolic OH excluding ortho intramolecular Hbond substituents is 1. The van der Waals surface area contributed by atoms with Gasteiger partial charge in [0.05, 0.1) is 12.6 Å². The van der Waals surface area contributed by atoms with Gasteiger partial charge in [-0.2, -0.15) is 0 Å². The van der Waals surface area contributed by atoms with Gasteiger partial charge in [0.15, 0.2) is 0 Å². The van der Waals surface area contributed by atoms with E-state index in [1.807, 2.05) is 25.1 Å². The number of benzene rings is 2. The molecule has 0 spiro atoms. The van der Waals surface area contributed by atoms with Gasteiger partial charge in [-0.05, 0) is 50.0 Å². The Morgan fingerprint density at radius 1 is 1.27 bits per heavy atom. The number of aliphatic imine (C=N–C) groups is 1. The molecule has 0 aliphatic rings. The van der Waals surface area contributed by atoms with E-state index in [9.17, 15) is 9.50 Å². The highest BCUT2D eigenvalue weighted by Crippen LogP contribution is 2.21. The van der Waals surface area contributed by atoms with Crippen LogP contribution in [0.2, 0.25) is 5.02 Å². The SMILES string of the molecule is CN(C)[C@H](CN=Cc1cc(Cl)ccc1O)c1cccc(F)c1. The van der Waals surface area contributed by atoms with Crippen LogP contribution >= 0.6 is 11.6 Å². The topological polar surface area (TPSA) is 35.8 Å². The fourth-order valence-corrected chi connectivity index (χ4v) is 2.34. The predicted octanol–water partition coefficient (Wildman–Crippen LogP) is 3.91. The zero-order valence-corrected chi connectivity index (χ0v) is 13.3. The van der Waals surface area contributed by atoms with Crippen LogP contribution in [-0.4, -0.2) is 36.9 Å². The average molecular weight is 321 g/mol. The van der Waals surface area contributed by atoms with Crippen molar-refractivity contribution in [1.29, 1.82) is 0 Å². The molecule has 116 valence electrons. The minimum Gasteiger partial charge on any atom is -0.507 e. The third-order valence-corrected chi connectivity index (χ3v) is 3.59. The van der Waals surface area contributed by atoms with E-state index >= 15 is 0 Å². The van der Waals surface area contributed by atoms with E-state index in [2.05, 4.69) is 4.99 Å². The number of phenols is 1. The van der Waals surface area contributed by atoms with E-state index in [0.29, 0.717) is 17.1 Å². The average Bonchev–Trinajstić information content (AvgIpc) is 2.46. The molecule has 0 fully saturated rings. The molecule has 0 radical (unpaired) electrons. The van der Waals surface area contributed by atoms with Gasteiger partial charge in [-0.25, -0.2) is 4.39 Å². The van der Waals surface area contributed by atoms with Crippen molar-refractivity contribution >= 4 is 17.8 Å². The fraction of sp³-hybridized carbons (Fsp3) is 0.235. The third kappa shape index (κ3) is 4.29.